The highest BCUT2D eigenvalue weighted by Gasteiger charge is 2.17. The van der Waals surface area contributed by atoms with Gasteiger partial charge in [0.2, 0.25) is 6.79 Å². The third kappa shape index (κ3) is 2.38. The number of hydrogen-bond donors (Lipinski definition) is 1. The van der Waals surface area contributed by atoms with E-state index in [0.29, 0.717) is 36.0 Å². The molecule has 0 atom stereocenters. The minimum atomic E-state index is 0.223. The molecule has 4 nitrogen and oxygen atoms in total. The number of nitrogens with zero attached hydrogens (tertiary/aromatic N) is 1. The highest BCUT2D eigenvalue weighted by Crippen LogP contribution is 2.39. The van der Waals surface area contributed by atoms with Gasteiger partial charge in [0, 0.05) is 19.5 Å². The summed E-state index contributed by atoms with van der Waals surface area (Å²) in [5, 5.41) is 12.1. The molecule has 1 aliphatic rings. The second kappa shape index (κ2) is 5.06. The van der Waals surface area contributed by atoms with Crippen LogP contribution in [0.5, 0.6) is 11.5 Å². The molecule has 1 aliphatic heterocycles. The topological polar surface area (TPSA) is 54.3 Å². The number of nitriles is 1. The van der Waals surface area contributed by atoms with Crippen molar-refractivity contribution in [3.63, 3.8) is 0 Å². The first-order valence-electron chi connectivity index (χ1n) is 4.97. The van der Waals surface area contributed by atoms with Crippen LogP contribution in [0.3, 0.4) is 0 Å². The molecular formula is C11H11ClN2O2. The Morgan fingerprint density at radius 1 is 1.44 bits per heavy atom. The smallest absolute Gasteiger partial charge is 0.231 e. The van der Waals surface area contributed by atoms with Gasteiger partial charge in [-0.25, -0.2) is 0 Å². The van der Waals surface area contributed by atoms with E-state index in [-0.39, 0.29) is 6.79 Å². The first kappa shape index (κ1) is 11.1. The fourth-order valence-electron chi connectivity index (χ4n) is 1.50. The van der Waals surface area contributed by atoms with Gasteiger partial charge in [-0.05, 0) is 17.7 Å². The fraction of sp³-hybridized carbons (Fsp3) is 0.364. The Morgan fingerprint density at radius 3 is 3.12 bits per heavy atom. The predicted octanol–water partition coefficient (Wildman–Crippen LogP) is 2.07. The van der Waals surface area contributed by atoms with Gasteiger partial charge in [-0.3, -0.25) is 0 Å². The first-order chi connectivity index (χ1) is 7.81. The molecule has 0 spiro atoms. The number of nitrogens with one attached hydrogen (secondary N) is 1. The maximum atomic E-state index is 8.39. The van der Waals surface area contributed by atoms with E-state index < -0.39 is 0 Å². The van der Waals surface area contributed by atoms with Crippen molar-refractivity contribution in [2.45, 2.75) is 13.0 Å². The molecule has 1 heterocycles. The number of benzene rings is 1. The summed E-state index contributed by atoms with van der Waals surface area (Å²) in [6.07, 6.45) is 0.498. The van der Waals surface area contributed by atoms with Crippen LogP contribution < -0.4 is 14.8 Å². The minimum Gasteiger partial charge on any atom is -0.454 e. The zero-order chi connectivity index (χ0) is 11.4. The van der Waals surface area contributed by atoms with Crippen LogP contribution in [0.4, 0.5) is 0 Å². The molecule has 0 amide bonds. The van der Waals surface area contributed by atoms with Gasteiger partial charge in [-0.15, -0.1) is 0 Å². The van der Waals surface area contributed by atoms with Crippen LogP contribution >= 0.6 is 11.6 Å². The van der Waals surface area contributed by atoms with E-state index in [9.17, 15) is 0 Å². The van der Waals surface area contributed by atoms with Crippen LogP contribution in [0.1, 0.15) is 12.0 Å². The minimum absolute atomic E-state index is 0.223. The summed E-state index contributed by atoms with van der Waals surface area (Å²) >= 11 is 6.03. The lowest BCUT2D eigenvalue weighted by molar-refractivity contribution is 0.174. The second-order valence-electron chi connectivity index (χ2n) is 3.40. The molecule has 1 N–H and O–H groups in total. The van der Waals surface area contributed by atoms with E-state index in [2.05, 4.69) is 11.4 Å². The van der Waals surface area contributed by atoms with E-state index in [1.54, 1.807) is 0 Å². The molecule has 2 rings (SSSR count). The molecule has 84 valence electrons. The molecule has 0 unspecified atom stereocenters. The van der Waals surface area contributed by atoms with Gasteiger partial charge < -0.3 is 14.8 Å². The van der Waals surface area contributed by atoms with Crippen molar-refractivity contribution in [1.29, 1.82) is 5.26 Å². The normalized spacial score (nSPS) is 12.5. The van der Waals surface area contributed by atoms with Crippen molar-refractivity contribution in [2.24, 2.45) is 0 Å². The molecule has 16 heavy (non-hydrogen) atoms. The lowest BCUT2D eigenvalue weighted by Crippen LogP contribution is -2.14. The van der Waals surface area contributed by atoms with Crippen LogP contribution in [-0.2, 0) is 6.54 Å². The molecule has 0 fully saturated rings. The molecule has 0 aliphatic carbocycles. The molecule has 5 heteroatoms. The molecule has 1 aromatic rings. The van der Waals surface area contributed by atoms with Gasteiger partial charge in [-0.2, -0.15) is 5.26 Å². The Labute approximate surface area is 98.7 Å². The molecule has 1 aromatic carbocycles. The molecule has 0 saturated heterocycles. The Bertz CT molecular complexity index is 429. The zero-order valence-corrected chi connectivity index (χ0v) is 9.38. The summed E-state index contributed by atoms with van der Waals surface area (Å²) < 4.78 is 10.5. The third-order valence-electron chi connectivity index (χ3n) is 2.23. The van der Waals surface area contributed by atoms with Gasteiger partial charge in [0.1, 0.15) is 0 Å². The number of fused-ring (bicyclic) bond motifs is 1. The van der Waals surface area contributed by atoms with Crippen molar-refractivity contribution < 1.29 is 9.47 Å². The Kier molecular flexibility index (Phi) is 3.50. The second-order valence-corrected chi connectivity index (χ2v) is 3.80. The van der Waals surface area contributed by atoms with Crippen LogP contribution in [0.15, 0.2) is 12.1 Å². The quantitative estimate of drug-likeness (QED) is 0.816. The Balaban J connectivity index is 2.01. The highest BCUT2D eigenvalue weighted by atomic mass is 35.5. The molecular weight excluding hydrogens is 228 g/mol. The largest absolute Gasteiger partial charge is 0.454 e. The van der Waals surface area contributed by atoms with Gasteiger partial charge in [0.05, 0.1) is 11.1 Å². The zero-order valence-electron chi connectivity index (χ0n) is 8.62. The lowest BCUT2D eigenvalue weighted by Gasteiger charge is -2.05. The summed E-state index contributed by atoms with van der Waals surface area (Å²) in [7, 11) is 0. The van der Waals surface area contributed by atoms with Gasteiger partial charge in [-0.1, -0.05) is 11.6 Å². The Hall–Kier alpha value is -1.44. The van der Waals surface area contributed by atoms with Crippen molar-refractivity contribution >= 4 is 11.6 Å². The van der Waals surface area contributed by atoms with E-state index >= 15 is 0 Å². The predicted molar refractivity (Wildman–Crippen MR) is 59.5 cm³/mol. The van der Waals surface area contributed by atoms with Crippen LogP contribution in [0.25, 0.3) is 0 Å². The lowest BCUT2D eigenvalue weighted by atomic mass is 10.2. The third-order valence-corrected chi connectivity index (χ3v) is 2.51. The molecule has 0 bridgehead atoms. The number of ether oxygens (including phenoxy) is 2. The summed E-state index contributed by atoms with van der Waals surface area (Å²) in [6.45, 7) is 1.56. The van der Waals surface area contributed by atoms with E-state index in [4.69, 9.17) is 26.3 Å². The van der Waals surface area contributed by atoms with E-state index in [1.807, 2.05) is 12.1 Å². The average Bonchev–Trinajstić information content (AvgIpc) is 2.73. The van der Waals surface area contributed by atoms with Crippen LogP contribution in [0, 0.1) is 11.3 Å². The summed E-state index contributed by atoms with van der Waals surface area (Å²) in [5.74, 6) is 1.30. The van der Waals surface area contributed by atoms with Crippen molar-refractivity contribution in [3.05, 3.63) is 22.7 Å². The molecule has 0 radical (unpaired) electrons. The van der Waals surface area contributed by atoms with Gasteiger partial charge in [0.25, 0.3) is 0 Å². The van der Waals surface area contributed by atoms with E-state index in [1.165, 1.54) is 0 Å². The SMILES string of the molecule is N#CCCNCc1cc(Cl)c2c(c1)OCO2. The van der Waals surface area contributed by atoms with Crippen LogP contribution in [0.2, 0.25) is 5.02 Å². The standard InChI is InChI=1S/C11H11ClN2O2/c12-9-4-8(6-14-3-1-2-13)5-10-11(9)16-7-15-10/h4-5,14H,1,3,6-7H2. The van der Waals surface area contributed by atoms with Crippen molar-refractivity contribution in [1.82, 2.24) is 5.32 Å². The van der Waals surface area contributed by atoms with Crippen molar-refractivity contribution in [3.8, 4) is 17.6 Å². The number of halogens is 1. The monoisotopic (exact) mass is 238 g/mol. The van der Waals surface area contributed by atoms with Gasteiger partial charge >= 0.3 is 0 Å². The van der Waals surface area contributed by atoms with E-state index in [0.717, 1.165) is 5.56 Å². The number of rotatable bonds is 4. The summed E-state index contributed by atoms with van der Waals surface area (Å²) in [5.41, 5.74) is 1.02. The average molecular weight is 239 g/mol. The fourth-order valence-corrected chi connectivity index (χ4v) is 1.79. The number of hydrogen-bond acceptors (Lipinski definition) is 4. The summed E-state index contributed by atoms with van der Waals surface area (Å²) in [6, 6.07) is 5.81. The van der Waals surface area contributed by atoms with Crippen LogP contribution in [-0.4, -0.2) is 13.3 Å². The first-order valence-corrected chi connectivity index (χ1v) is 5.35. The maximum Gasteiger partial charge on any atom is 0.231 e. The molecule has 0 aromatic heterocycles. The highest BCUT2D eigenvalue weighted by molar-refractivity contribution is 6.32. The van der Waals surface area contributed by atoms with Crippen molar-refractivity contribution in [2.75, 3.05) is 13.3 Å². The van der Waals surface area contributed by atoms with Gasteiger partial charge in [0.15, 0.2) is 11.5 Å². The Morgan fingerprint density at radius 2 is 2.31 bits per heavy atom. The summed E-state index contributed by atoms with van der Waals surface area (Å²) in [4.78, 5) is 0. The maximum absolute atomic E-state index is 8.39. The molecule has 0 saturated carbocycles.